The van der Waals surface area contributed by atoms with Crippen molar-refractivity contribution in [1.29, 1.82) is 0 Å². The number of aromatic nitrogens is 2. The Hall–Kier alpha value is -4.01. The normalized spacial score (nSPS) is 13.8. The molecule has 4 aliphatic rings. The molecule has 4 aliphatic carbocycles. The second-order valence-corrected chi connectivity index (χ2v) is 34.9. The molecule has 0 radical (unpaired) electrons. The molecule has 0 saturated carbocycles. The van der Waals surface area contributed by atoms with E-state index in [-0.39, 0.29) is 34.7 Å². The summed E-state index contributed by atoms with van der Waals surface area (Å²) in [6.07, 6.45) is 10.2. The maximum Gasteiger partial charge on any atom is 0.137 e. The summed E-state index contributed by atoms with van der Waals surface area (Å²) in [6.45, 7) is 24.4. The van der Waals surface area contributed by atoms with Crippen LogP contribution in [0.3, 0.4) is 0 Å². The van der Waals surface area contributed by atoms with E-state index in [0.29, 0.717) is 11.5 Å². The van der Waals surface area contributed by atoms with Crippen molar-refractivity contribution >= 4 is 95.5 Å². The zero-order chi connectivity index (χ0) is 71.3. The van der Waals surface area contributed by atoms with Crippen LogP contribution in [0.5, 0.6) is 11.5 Å². The van der Waals surface area contributed by atoms with Gasteiger partial charge in [-0.05, 0) is 239 Å². The van der Waals surface area contributed by atoms with Crippen molar-refractivity contribution in [3.8, 4) is 33.8 Å². The van der Waals surface area contributed by atoms with Crippen molar-refractivity contribution in [1.82, 2.24) is 9.97 Å². The van der Waals surface area contributed by atoms with Gasteiger partial charge in [-0.15, -0.1) is 0 Å². The number of halogens is 11. The Balaban J connectivity index is 0.000000194. The number of benzene rings is 6. The molecule has 0 atom stereocenters. The summed E-state index contributed by atoms with van der Waals surface area (Å²) < 4.78 is 92.6. The maximum absolute atomic E-state index is 12.8. The molecule has 0 aliphatic heterocycles. The molecule has 0 amide bonds. The molecular weight excluding hydrogens is 1790 g/mol. The standard InChI is InChI=1S/2C21H22Br2O.C7H3ClF3N.C7H4F3N.2C6H8N.2C5H10.CH4.Mo.W/c2*1-12-17(22)10-13-6-2-4-8-15(13)19(12)20-16-9-5-3-7-14(16)11-18(23)21(20)24;8-5-3-1-2-4(6(5)12)7(9,10)11;8-7(9,10)5-3-1-2-4-6(5)11;2*1-5-3-4-6(2)7-5;2*1-5(2,3)4;;;/h2*10-11,24H,2-9H2,1H3;1-3H;1-4H;2*3-4H,1-2H3;2*1H,2-4H3;1H4;;/q;;;;2*-1;;;;;. The van der Waals surface area contributed by atoms with Crippen molar-refractivity contribution in [2.24, 2.45) is 17.8 Å². The van der Waals surface area contributed by atoms with Gasteiger partial charge in [0.15, 0.2) is 0 Å². The van der Waals surface area contributed by atoms with E-state index in [1.807, 2.05) is 102 Å². The zero-order valence-corrected chi connectivity index (χ0v) is 69.3. The van der Waals surface area contributed by atoms with Crippen LogP contribution in [-0.4, -0.2) is 19.0 Å². The van der Waals surface area contributed by atoms with Crippen molar-refractivity contribution in [3.05, 3.63) is 203 Å². The third kappa shape index (κ3) is 23.2. The van der Waals surface area contributed by atoms with Crippen molar-refractivity contribution in [2.75, 3.05) is 0 Å². The van der Waals surface area contributed by atoms with Crippen LogP contribution in [-0.2, 0) is 99.6 Å². The Labute approximate surface area is 632 Å². The number of phenols is 2. The van der Waals surface area contributed by atoms with E-state index in [4.69, 9.17) is 11.6 Å². The van der Waals surface area contributed by atoms with E-state index < -0.39 is 59.3 Å². The average Bonchev–Trinajstić information content (AvgIpc) is 0.755. The van der Waals surface area contributed by atoms with Crippen LogP contribution in [0, 0.1) is 52.4 Å². The number of alkyl halides is 6. The molecule has 530 valence electrons. The minimum Gasteiger partial charge on any atom is -0.665 e. The fourth-order valence-electron chi connectivity index (χ4n) is 12.2. The van der Waals surface area contributed by atoms with Gasteiger partial charge in [-0.25, -0.2) is 0 Å². The van der Waals surface area contributed by atoms with E-state index in [2.05, 4.69) is 119 Å². The van der Waals surface area contributed by atoms with E-state index in [1.54, 1.807) is 6.07 Å². The minimum atomic E-state index is -4.41. The second-order valence-electron chi connectivity index (χ2n) is 27.2. The largest absolute Gasteiger partial charge is 0.665 e. The first-order valence-electron chi connectivity index (χ1n) is 32.8. The number of aromatic hydroxyl groups is 2. The van der Waals surface area contributed by atoms with Crippen LogP contribution < -0.4 is 9.97 Å². The number of hydrogen-bond acceptors (Lipinski definition) is 4. The number of aryl methyl sites for hydroxylation is 8. The van der Waals surface area contributed by atoms with Crippen LogP contribution in [0.1, 0.15) is 190 Å². The zero-order valence-electron chi connectivity index (χ0n) is 57.3. The van der Waals surface area contributed by atoms with Crippen LogP contribution in [0.15, 0.2) is 116 Å². The van der Waals surface area contributed by atoms with Gasteiger partial charge >= 0.3 is 224 Å². The van der Waals surface area contributed by atoms with E-state index >= 15 is 0 Å². The molecule has 0 saturated heterocycles. The van der Waals surface area contributed by atoms with Gasteiger partial charge in [0.1, 0.15) is 11.5 Å². The molecule has 19 heteroatoms. The quantitative estimate of drug-likeness (QED) is 0.136. The summed E-state index contributed by atoms with van der Waals surface area (Å²) >= 11 is 18.3. The van der Waals surface area contributed by atoms with Crippen LogP contribution >= 0.6 is 75.3 Å². The van der Waals surface area contributed by atoms with Crippen LogP contribution in [0.25, 0.3) is 22.3 Å². The van der Waals surface area contributed by atoms with Gasteiger partial charge in [0.2, 0.25) is 0 Å². The fraction of sp³-hybridized carbons (Fsp3) is 0.418. The topological polar surface area (TPSA) is 93.4 Å². The molecule has 6 nitrogen and oxygen atoms in total. The van der Waals surface area contributed by atoms with Gasteiger partial charge in [-0.1, -0.05) is 91.2 Å². The van der Waals surface area contributed by atoms with Gasteiger partial charge in [0.05, 0.1) is 8.95 Å². The Bertz CT molecular complexity index is 3880. The molecule has 0 spiro atoms. The summed E-state index contributed by atoms with van der Waals surface area (Å²) in [7, 11) is 0. The van der Waals surface area contributed by atoms with Crippen molar-refractivity contribution < 1.29 is 72.4 Å². The summed E-state index contributed by atoms with van der Waals surface area (Å²) in [5.41, 5.74) is 21.7. The van der Waals surface area contributed by atoms with Crippen molar-refractivity contribution in [2.45, 2.75) is 206 Å². The van der Waals surface area contributed by atoms with Crippen LogP contribution in [0.2, 0.25) is 5.02 Å². The third-order valence-electron chi connectivity index (χ3n) is 16.8. The molecular formula is C79H91Br4ClF6MoN4O2W-2. The monoisotopic (exact) mass is 1870 g/mol. The summed E-state index contributed by atoms with van der Waals surface area (Å²) in [5.74, 6) is 0.842. The van der Waals surface area contributed by atoms with Gasteiger partial charge in [0, 0.05) is 20.1 Å². The number of hydrogen-bond donors (Lipinski definition) is 2. The molecule has 6 aromatic carbocycles. The smallest absolute Gasteiger partial charge is 0.137 e. The molecule has 2 aromatic heterocycles. The molecule has 0 bridgehead atoms. The maximum atomic E-state index is 12.8. The molecule has 0 fully saturated rings. The molecule has 12 rings (SSSR count). The van der Waals surface area contributed by atoms with E-state index in [0.717, 1.165) is 106 Å². The fourth-order valence-corrected chi connectivity index (χ4v) is 18.5. The predicted molar refractivity (Wildman–Crippen MR) is 402 cm³/mol. The van der Waals surface area contributed by atoms with Crippen LogP contribution in [0.4, 0.5) is 37.7 Å². The first kappa shape index (κ1) is 82.9. The number of nitrogens with zero attached hydrogens (tertiary/aromatic N) is 4. The summed E-state index contributed by atoms with van der Waals surface area (Å²) in [4.78, 5) is 8.22. The second kappa shape index (κ2) is 36.9. The minimum absolute atomic E-state index is 0. The first-order valence-corrected chi connectivity index (χ1v) is 41.4. The summed E-state index contributed by atoms with van der Waals surface area (Å²) in [5, 5.41) is 22.0. The first-order chi connectivity index (χ1) is 45.5. The number of rotatable bonds is 4. The SMILES string of the molecule is C.CC(C)(C)[CH]=[Mo]=[N]c1ccccc1C(F)(F)F.CC(C)(C)[CH]=[W]=[N]c1c(Cl)cccc1C(F)(F)F.Cc1c(Br)cc2c(c1-c1c(O)c(Br)cc3c1CCCC3)CCCC2.Cc1c(Br)cc2c(c1-c1c(O)c(Br)cc3c1CCCC3)CCCC2.Cc1ccc(C)[n-]1.Cc1ccc(C)[n-]1. The molecule has 2 heterocycles. The van der Waals surface area contributed by atoms with Gasteiger partial charge < -0.3 is 20.2 Å². The predicted octanol–water partition coefficient (Wildman–Crippen LogP) is 26.0. The molecule has 98 heavy (non-hydrogen) atoms. The van der Waals surface area contributed by atoms with Crippen molar-refractivity contribution in [3.63, 3.8) is 0 Å². The summed E-state index contributed by atoms with van der Waals surface area (Å²) in [6, 6.07) is 26.1. The Morgan fingerprint density at radius 2 is 0.816 bits per heavy atom. The van der Waals surface area contributed by atoms with Gasteiger partial charge in [-0.2, -0.15) is 22.8 Å². The Morgan fingerprint density at radius 3 is 1.16 bits per heavy atom. The van der Waals surface area contributed by atoms with Gasteiger partial charge in [-0.3, -0.25) is 0 Å². The molecule has 0 unspecified atom stereocenters. The Morgan fingerprint density at radius 1 is 0.469 bits per heavy atom. The molecule has 2 N–H and O–H groups in total. The molecule has 8 aromatic rings. The Kier molecular flexibility index (Phi) is 31.2. The van der Waals surface area contributed by atoms with E-state index in [9.17, 15) is 36.6 Å². The average molecular weight is 1880 g/mol. The third-order valence-corrected chi connectivity index (χ3v) is 26.6. The van der Waals surface area contributed by atoms with E-state index in [1.165, 1.54) is 151 Å². The van der Waals surface area contributed by atoms with Gasteiger partial charge in [0.25, 0.3) is 0 Å². The number of phenolic OH excluding ortho intramolecular Hbond substituents is 2. The number of fused-ring (bicyclic) bond motifs is 4.